The maximum atomic E-state index is 13.3. The molecule has 2 aliphatic rings. The van der Waals surface area contributed by atoms with Gasteiger partial charge >= 0.3 is 0 Å². The average Bonchev–Trinajstić information content (AvgIpc) is 3.01. The molecule has 1 aromatic carbocycles. The molecule has 1 aliphatic heterocycles. The zero-order chi connectivity index (χ0) is 12.4. The van der Waals surface area contributed by atoms with E-state index in [4.69, 9.17) is 0 Å². The largest absolute Gasteiger partial charge is 0.296 e. The van der Waals surface area contributed by atoms with Gasteiger partial charge in [0.1, 0.15) is 5.82 Å². The number of nitrogens with zero attached hydrogens (tertiary/aromatic N) is 1. The summed E-state index contributed by atoms with van der Waals surface area (Å²) >= 11 is 0. The van der Waals surface area contributed by atoms with Crippen LogP contribution in [-0.2, 0) is 0 Å². The van der Waals surface area contributed by atoms with Gasteiger partial charge in [-0.3, -0.25) is 4.90 Å². The third-order valence-corrected chi connectivity index (χ3v) is 4.56. The van der Waals surface area contributed by atoms with Gasteiger partial charge in [0, 0.05) is 12.6 Å². The van der Waals surface area contributed by atoms with Gasteiger partial charge in [0.2, 0.25) is 0 Å². The molecule has 18 heavy (non-hydrogen) atoms. The minimum absolute atomic E-state index is 0.0970. The van der Waals surface area contributed by atoms with Gasteiger partial charge in [-0.2, -0.15) is 0 Å². The fourth-order valence-corrected chi connectivity index (χ4v) is 3.66. The number of hydrogen-bond donors (Lipinski definition) is 0. The molecule has 0 amide bonds. The summed E-state index contributed by atoms with van der Waals surface area (Å²) in [6.45, 7) is 2.42. The van der Waals surface area contributed by atoms with E-state index in [-0.39, 0.29) is 5.82 Å². The van der Waals surface area contributed by atoms with Crippen LogP contribution in [0.25, 0.3) is 0 Å². The van der Waals surface area contributed by atoms with Crippen LogP contribution in [0.3, 0.4) is 0 Å². The maximum Gasteiger partial charge on any atom is 0.123 e. The van der Waals surface area contributed by atoms with Crippen molar-refractivity contribution in [2.45, 2.75) is 44.6 Å². The summed E-state index contributed by atoms with van der Waals surface area (Å²) in [4.78, 5) is 2.59. The van der Waals surface area contributed by atoms with E-state index in [0.29, 0.717) is 6.04 Å². The fourth-order valence-electron chi connectivity index (χ4n) is 3.66. The van der Waals surface area contributed by atoms with Gasteiger partial charge in [-0.1, -0.05) is 25.0 Å². The van der Waals surface area contributed by atoms with Crippen LogP contribution in [0.2, 0.25) is 0 Å². The molecular weight excluding hydrogens is 225 g/mol. The highest BCUT2D eigenvalue weighted by atomic mass is 19.1. The van der Waals surface area contributed by atoms with Gasteiger partial charge in [-0.05, 0) is 55.8 Å². The Bertz CT molecular complexity index is 398. The Kier molecular flexibility index (Phi) is 3.64. The Labute approximate surface area is 109 Å². The number of rotatable bonds is 3. The van der Waals surface area contributed by atoms with E-state index < -0.39 is 0 Å². The van der Waals surface area contributed by atoms with Gasteiger partial charge in [0.25, 0.3) is 0 Å². The van der Waals surface area contributed by atoms with Crippen molar-refractivity contribution in [3.05, 3.63) is 35.6 Å². The summed E-state index contributed by atoms with van der Waals surface area (Å²) in [6.07, 6.45) is 8.05. The topological polar surface area (TPSA) is 3.24 Å². The van der Waals surface area contributed by atoms with Crippen LogP contribution < -0.4 is 0 Å². The van der Waals surface area contributed by atoms with E-state index in [1.54, 1.807) is 12.1 Å². The lowest BCUT2D eigenvalue weighted by atomic mass is 10.0. The van der Waals surface area contributed by atoms with Crippen LogP contribution >= 0.6 is 0 Å². The maximum absolute atomic E-state index is 13.3. The van der Waals surface area contributed by atoms with E-state index in [2.05, 4.69) is 11.0 Å². The SMILES string of the molecule is Fc1cccc(C2CCCN2CC2CCCC2)c1. The minimum atomic E-state index is -0.0970. The Hall–Kier alpha value is -0.890. The lowest BCUT2D eigenvalue weighted by molar-refractivity contribution is 0.216. The molecule has 98 valence electrons. The zero-order valence-electron chi connectivity index (χ0n) is 10.9. The zero-order valence-corrected chi connectivity index (χ0v) is 10.9. The van der Waals surface area contributed by atoms with Crippen molar-refractivity contribution in [2.75, 3.05) is 13.1 Å². The Morgan fingerprint density at radius 3 is 2.72 bits per heavy atom. The summed E-state index contributed by atoms with van der Waals surface area (Å²) in [7, 11) is 0. The van der Waals surface area contributed by atoms with E-state index in [0.717, 1.165) is 5.92 Å². The standard InChI is InChI=1S/C16H22FN/c17-15-8-3-7-14(11-15)16-9-4-10-18(16)12-13-5-1-2-6-13/h3,7-8,11,13,16H,1-2,4-6,9-10,12H2. The molecule has 0 radical (unpaired) electrons. The van der Waals surface area contributed by atoms with Crippen molar-refractivity contribution in [2.24, 2.45) is 5.92 Å². The van der Waals surface area contributed by atoms with Crippen LogP contribution in [0, 0.1) is 11.7 Å². The Balaban J connectivity index is 1.70. The average molecular weight is 247 g/mol. The molecule has 3 rings (SSSR count). The van der Waals surface area contributed by atoms with Gasteiger partial charge in [0.05, 0.1) is 0 Å². The van der Waals surface area contributed by atoms with Gasteiger partial charge in [-0.15, -0.1) is 0 Å². The lowest BCUT2D eigenvalue weighted by Gasteiger charge is -2.27. The molecule has 1 atom stereocenters. The van der Waals surface area contributed by atoms with Crippen molar-refractivity contribution in [3.63, 3.8) is 0 Å². The lowest BCUT2D eigenvalue weighted by Crippen LogP contribution is -2.28. The highest BCUT2D eigenvalue weighted by Gasteiger charge is 2.29. The molecule has 1 saturated heterocycles. The van der Waals surface area contributed by atoms with Crippen molar-refractivity contribution in [3.8, 4) is 0 Å². The number of hydrogen-bond acceptors (Lipinski definition) is 1. The molecule has 1 unspecified atom stereocenters. The van der Waals surface area contributed by atoms with Crippen molar-refractivity contribution >= 4 is 0 Å². The summed E-state index contributed by atoms with van der Waals surface area (Å²) < 4.78 is 13.3. The quantitative estimate of drug-likeness (QED) is 0.775. The monoisotopic (exact) mass is 247 g/mol. The molecule has 2 fully saturated rings. The van der Waals surface area contributed by atoms with Gasteiger partial charge in [0.15, 0.2) is 0 Å². The summed E-state index contributed by atoms with van der Waals surface area (Å²) in [6, 6.07) is 7.65. The van der Waals surface area contributed by atoms with Crippen LogP contribution in [0.5, 0.6) is 0 Å². The van der Waals surface area contributed by atoms with Gasteiger partial charge in [-0.25, -0.2) is 4.39 Å². The first-order chi connectivity index (χ1) is 8.83. The fraction of sp³-hybridized carbons (Fsp3) is 0.625. The molecule has 1 nitrogen and oxygen atoms in total. The highest BCUT2D eigenvalue weighted by Crippen LogP contribution is 2.35. The summed E-state index contributed by atoms with van der Waals surface area (Å²) in [5, 5.41) is 0. The highest BCUT2D eigenvalue weighted by molar-refractivity contribution is 5.21. The minimum Gasteiger partial charge on any atom is -0.296 e. The first-order valence-corrected chi connectivity index (χ1v) is 7.32. The van der Waals surface area contributed by atoms with E-state index >= 15 is 0 Å². The number of benzene rings is 1. The molecule has 0 aromatic heterocycles. The summed E-state index contributed by atoms with van der Waals surface area (Å²) in [5.41, 5.74) is 1.17. The molecule has 1 aromatic rings. The van der Waals surface area contributed by atoms with Crippen LogP contribution in [0.1, 0.15) is 50.1 Å². The molecule has 1 aliphatic carbocycles. The molecule has 0 spiro atoms. The first-order valence-electron chi connectivity index (χ1n) is 7.32. The summed E-state index contributed by atoms with van der Waals surface area (Å²) in [5.74, 6) is 0.791. The molecule has 1 heterocycles. The second-order valence-corrected chi connectivity index (χ2v) is 5.86. The second kappa shape index (κ2) is 5.40. The third-order valence-electron chi connectivity index (χ3n) is 4.56. The smallest absolute Gasteiger partial charge is 0.123 e. The third kappa shape index (κ3) is 2.59. The van der Waals surface area contributed by atoms with E-state index in [9.17, 15) is 4.39 Å². The van der Waals surface area contributed by atoms with Gasteiger partial charge < -0.3 is 0 Å². The Morgan fingerprint density at radius 2 is 1.94 bits per heavy atom. The molecule has 1 saturated carbocycles. The van der Waals surface area contributed by atoms with Crippen LogP contribution in [-0.4, -0.2) is 18.0 Å². The van der Waals surface area contributed by atoms with E-state index in [1.807, 2.05) is 6.07 Å². The predicted octanol–water partition coefficient (Wildman–Crippen LogP) is 4.15. The van der Waals surface area contributed by atoms with Crippen molar-refractivity contribution < 1.29 is 4.39 Å². The predicted molar refractivity (Wildman–Crippen MR) is 71.9 cm³/mol. The molecule has 0 bridgehead atoms. The number of halogens is 1. The van der Waals surface area contributed by atoms with Crippen LogP contribution in [0.4, 0.5) is 4.39 Å². The normalized spacial score (nSPS) is 25.9. The van der Waals surface area contributed by atoms with Crippen molar-refractivity contribution in [1.82, 2.24) is 4.90 Å². The second-order valence-electron chi connectivity index (χ2n) is 5.86. The van der Waals surface area contributed by atoms with Crippen molar-refractivity contribution in [1.29, 1.82) is 0 Å². The molecular formula is C16H22FN. The molecule has 2 heteroatoms. The van der Waals surface area contributed by atoms with Crippen LogP contribution in [0.15, 0.2) is 24.3 Å². The Morgan fingerprint density at radius 1 is 1.11 bits per heavy atom. The molecule has 0 N–H and O–H groups in total. The first kappa shape index (κ1) is 12.2. The number of likely N-dealkylation sites (tertiary alicyclic amines) is 1. The van der Waals surface area contributed by atoms with E-state index in [1.165, 1.54) is 57.2 Å².